The summed E-state index contributed by atoms with van der Waals surface area (Å²) in [7, 11) is 0. The summed E-state index contributed by atoms with van der Waals surface area (Å²) in [5.41, 5.74) is 0. The summed E-state index contributed by atoms with van der Waals surface area (Å²) in [6.45, 7) is 2.05. The molecule has 1 rings (SSSR count). The van der Waals surface area contributed by atoms with Gasteiger partial charge in [0.15, 0.2) is 0 Å². The molecule has 0 saturated carbocycles. The molecule has 0 unspecified atom stereocenters. The number of carbonyl (C=O) groups is 1. The fourth-order valence-corrected chi connectivity index (χ4v) is 2.85. The third-order valence-corrected chi connectivity index (χ3v) is 3.79. The third kappa shape index (κ3) is 4.38. The fourth-order valence-electron chi connectivity index (χ4n) is 1.35. The van der Waals surface area contributed by atoms with E-state index in [0.29, 0.717) is 5.78 Å². The molecule has 1 nitrogen and oxygen atoms in total. The van der Waals surface area contributed by atoms with Crippen LogP contribution in [0.4, 0.5) is 0 Å². The molecule has 0 atom stereocenters. The lowest BCUT2D eigenvalue weighted by atomic mass is 10.1. The first kappa shape index (κ1) is 11.9. The highest BCUT2D eigenvalue weighted by molar-refractivity contribution is 9.10. The van der Waals surface area contributed by atoms with E-state index >= 15 is 0 Å². The number of carbonyl (C=O) groups excluding carboxylic acids is 1. The van der Waals surface area contributed by atoms with Gasteiger partial charge < -0.3 is 0 Å². The molecule has 0 aliphatic carbocycles. The van der Waals surface area contributed by atoms with Gasteiger partial charge in [0.05, 0.1) is 0 Å². The summed E-state index contributed by atoms with van der Waals surface area (Å²) >= 11 is 5.18. The van der Waals surface area contributed by atoms with E-state index in [0.717, 1.165) is 36.6 Å². The van der Waals surface area contributed by atoms with Crippen molar-refractivity contribution in [3.8, 4) is 0 Å². The van der Waals surface area contributed by atoms with Gasteiger partial charge in [-0.3, -0.25) is 4.79 Å². The van der Waals surface area contributed by atoms with E-state index in [-0.39, 0.29) is 0 Å². The fraction of sp³-hybridized carbons (Fsp3) is 0.545. The number of aryl methyl sites for hydroxylation is 1. The lowest BCUT2D eigenvalue weighted by Gasteiger charge is -1.97. The van der Waals surface area contributed by atoms with Crippen LogP contribution in [0, 0.1) is 0 Å². The number of rotatable bonds is 6. The lowest BCUT2D eigenvalue weighted by molar-refractivity contribution is -0.119. The normalized spacial score (nSPS) is 10.4. The van der Waals surface area contributed by atoms with Gasteiger partial charge in [0.1, 0.15) is 5.78 Å². The lowest BCUT2D eigenvalue weighted by Crippen LogP contribution is -1.97. The zero-order valence-electron chi connectivity index (χ0n) is 8.38. The minimum absolute atomic E-state index is 0.406. The SMILES string of the molecule is CCCC(=O)CCCc1cc(Br)cs1. The predicted octanol–water partition coefficient (Wildman–Crippen LogP) is 4.20. The Balaban J connectivity index is 2.18. The quantitative estimate of drug-likeness (QED) is 0.760. The molecule has 0 amide bonds. The first-order chi connectivity index (χ1) is 6.72. The van der Waals surface area contributed by atoms with E-state index in [1.165, 1.54) is 4.88 Å². The number of Topliss-reactive ketones (excluding diaryl/α,β-unsaturated/α-hetero) is 1. The maximum absolute atomic E-state index is 11.2. The molecule has 0 fully saturated rings. The highest BCUT2D eigenvalue weighted by atomic mass is 79.9. The number of halogens is 1. The number of ketones is 1. The maximum atomic E-state index is 11.2. The standard InChI is InChI=1S/C11H15BrOS/c1-2-4-10(13)5-3-6-11-7-9(12)8-14-11/h7-8H,2-6H2,1H3. The molecule has 78 valence electrons. The van der Waals surface area contributed by atoms with Crippen LogP contribution < -0.4 is 0 Å². The topological polar surface area (TPSA) is 17.1 Å². The molecule has 1 aromatic heterocycles. The molecule has 0 N–H and O–H groups in total. The van der Waals surface area contributed by atoms with Crippen molar-refractivity contribution in [1.29, 1.82) is 0 Å². The summed E-state index contributed by atoms with van der Waals surface area (Å²) in [5, 5.41) is 2.09. The molecular weight excluding hydrogens is 260 g/mol. The van der Waals surface area contributed by atoms with Crippen LogP contribution in [0.1, 0.15) is 37.5 Å². The third-order valence-electron chi connectivity index (χ3n) is 2.03. The number of thiophene rings is 1. The van der Waals surface area contributed by atoms with Crippen molar-refractivity contribution in [2.75, 3.05) is 0 Å². The average Bonchev–Trinajstić information content (AvgIpc) is 2.52. The summed E-state index contributed by atoms with van der Waals surface area (Å²) in [4.78, 5) is 12.6. The van der Waals surface area contributed by atoms with Gasteiger partial charge in [0, 0.05) is 27.6 Å². The van der Waals surface area contributed by atoms with Gasteiger partial charge in [-0.05, 0) is 41.3 Å². The summed E-state index contributed by atoms with van der Waals surface area (Å²) in [6.07, 6.45) is 4.48. The Labute approximate surface area is 97.7 Å². The van der Waals surface area contributed by atoms with Crippen LogP contribution in [-0.2, 0) is 11.2 Å². The molecule has 3 heteroatoms. The van der Waals surface area contributed by atoms with Gasteiger partial charge in [-0.1, -0.05) is 6.92 Å². The van der Waals surface area contributed by atoms with E-state index in [4.69, 9.17) is 0 Å². The van der Waals surface area contributed by atoms with Crippen molar-refractivity contribution in [3.05, 3.63) is 20.8 Å². The largest absolute Gasteiger partial charge is 0.300 e. The predicted molar refractivity (Wildman–Crippen MR) is 64.9 cm³/mol. The van der Waals surface area contributed by atoms with Gasteiger partial charge in [-0.2, -0.15) is 0 Å². The zero-order chi connectivity index (χ0) is 10.4. The highest BCUT2D eigenvalue weighted by Crippen LogP contribution is 2.21. The van der Waals surface area contributed by atoms with E-state index in [9.17, 15) is 4.79 Å². The summed E-state index contributed by atoms with van der Waals surface area (Å²) in [5.74, 6) is 0.406. The molecule has 0 bridgehead atoms. The number of hydrogen-bond donors (Lipinski definition) is 0. The Bertz CT molecular complexity index is 293. The Morgan fingerprint density at radius 2 is 2.29 bits per heavy atom. The molecule has 0 aliphatic rings. The van der Waals surface area contributed by atoms with Crippen LogP contribution in [-0.4, -0.2) is 5.78 Å². The van der Waals surface area contributed by atoms with Crippen LogP contribution in [0.15, 0.2) is 15.9 Å². The maximum Gasteiger partial charge on any atom is 0.132 e. The van der Waals surface area contributed by atoms with Crippen LogP contribution >= 0.6 is 27.3 Å². The Hall–Kier alpha value is -0.150. The molecule has 1 heterocycles. The van der Waals surface area contributed by atoms with Crippen LogP contribution in [0.2, 0.25) is 0 Å². The van der Waals surface area contributed by atoms with Crippen molar-refractivity contribution in [2.45, 2.75) is 39.0 Å². The first-order valence-electron chi connectivity index (χ1n) is 4.97. The van der Waals surface area contributed by atoms with Gasteiger partial charge in [-0.25, -0.2) is 0 Å². The monoisotopic (exact) mass is 274 g/mol. The van der Waals surface area contributed by atoms with E-state index < -0.39 is 0 Å². The van der Waals surface area contributed by atoms with E-state index in [1.54, 1.807) is 11.3 Å². The molecule has 0 radical (unpaired) electrons. The zero-order valence-corrected chi connectivity index (χ0v) is 10.8. The van der Waals surface area contributed by atoms with Crippen molar-refractivity contribution in [2.24, 2.45) is 0 Å². The van der Waals surface area contributed by atoms with Crippen molar-refractivity contribution < 1.29 is 4.79 Å². The minimum atomic E-state index is 0.406. The Morgan fingerprint density at radius 1 is 1.50 bits per heavy atom. The van der Waals surface area contributed by atoms with E-state index in [1.807, 2.05) is 6.92 Å². The molecule has 0 aliphatic heterocycles. The number of hydrogen-bond acceptors (Lipinski definition) is 2. The molecule has 0 spiro atoms. The second-order valence-electron chi connectivity index (χ2n) is 3.37. The van der Waals surface area contributed by atoms with Crippen LogP contribution in [0.25, 0.3) is 0 Å². The summed E-state index contributed by atoms with van der Waals surface area (Å²) < 4.78 is 1.15. The average molecular weight is 275 g/mol. The smallest absolute Gasteiger partial charge is 0.132 e. The van der Waals surface area contributed by atoms with Crippen molar-refractivity contribution >= 4 is 33.0 Å². The molecule has 1 aromatic rings. The molecule has 0 saturated heterocycles. The van der Waals surface area contributed by atoms with E-state index in [2.05, 4.69) is 27.4 Å². The first-order valence-corrected chi connectivity index (χ1v) is 6.64. The van der Waals surface area contributed by atoms with Gasteiger partial charge in [0.2, 0.25) is 0 Å². The van der Waals surface area contributed by atoms with Gasteiger partial charge >= 0.3 is 0 Å². The van der Waals surface area contributed by atoms with Gasteiger partial charge in [-0.15, -0.1) is 11.3 Å². The Morgan fingerprint density at radius 3 is 2.86 bits per heavy atom. The summed E-state index contributed by atoms with van der Waals surface area (Å²) in [6, 6.07) is 2.13. The van der Waals surface area contributed by atoms with Crippen molar-refractivity contribution in [1.82, 2.24) is 0 Å². The molecule has 0 aromatic carbocycles. The highest BCUT2D eigenvalue weighted by Gasteiger charge is 2.02. The molecular formula is C11H15BrOS. The Kier molecular flexibility index (Phi) is 5.41. The van der Waals surface area contributed by atoms with Crippen LogP contribution in [0.5, 0.6) is 0 Å². The van der Waals surface area contributed by atoms with Crippen molar-refractivity contribution in [3.63, 3.8) is 0 Å². The van der Waals surface area contributed by atoms with Crippen LogP contribution in [0.3, 0.4) is 0 Å². The second-order valence-corrected chi connectivity index (χ2v) is 5.28. The minimum Gasteiger partial charge on any atom is -0.300 e. The van der Waals surface area contributed by atoms with Gasteiger partial charge in [0.25, 0.3) is 0 Å². The molecule has 14 heavy (non-hydrogen) atoms. The second kappa shape index (κ2) is 6.36.